The van der Waals surface area contributed by atoms with Crippen molar-refractivity contribution < 1.29 is 13.6 Å². The van der Waals surface area contributed by atoms with Crippen LogP contribution in [0.1, 0.15) is 43.2 Å². The molecule has 1 saturated carbocycles. The zero-order valence-electron chi connectivity index (χ0n) is 14.4. The maximum atomic E-state index is 13.3. The Morgan fingerprint density at radius 1 is 0.800 bits per heavy atom. The molecule has 0 saturated heterocycles. The second-order valence-corrected chi connectivity index (χ2v) is 10.6. The minimum Gasteiger partial charge on any atom is -0.296 e. The molecule has 0 aliphatic heterocycles. The van der Waals surface area contributed by atoms with Gasteiger partial charge in [0.25, 0.3) is 0 Å². The molecule has 0 N–H and O–H groups in total. The van der Waals surface area contributed by atoms with Crippen molar-refractivity contribution in [3.05, 3.63) is 71.8 Å². The van der Waals surface area contributed by atoms with Crippen LogP contribution in [0.3, 0.4) is 0 Å². The molecular weight excluding hydrogens is 351 g/mol. The maximum absolute atomic E-state index is 13.3. The van der Waals surface area contributed by atoms with Crippen LogP contribution in [0.4, 0.5) is 0 Å². The van der Waals surface area contributed by atoms with E-state index in [1.54, 1.807) is 0 Å². The summed E-state index contributed by atoms with van der Waals surface area (Å²) in [5.41, 5.74) is 2.02. The highest BCUT2D eigenvalue weighted by molar-refractivity contribution is 8.55. The second kappa shape index (κ2) is 9.59. The average Bonchev–Trinajstić information content (AvgIpc) is 2.68. The molecule has 3 nitrogen and oxygen atoms in total. The SMILES string of the molecule is O=P(OCc1ccccc1)(OCc1ccccc1)SC1CCCCC1. The Labute approximate surface area is 154 Å². The van der Waals surface area contributed by atoms with Crippen molar-refractivity contribution in [2.45, 2.75) is 50.6 Å². The second-order valence-electron chi connectivity index (χ2n) is 6.33. The van der Waals surface area contributed by atoms with Crippen molar-refractivity contribution in [3.8, 4) is 0 Å². The summed E-state index contributed by atoms with van der Waals surface area (Å²) < 4.78 is 25.0. The molecule has 1 aliphatic rings. The molecular formula is C20H25O3PS. The first-order valence-electron chi connectivity index (χ1n) is 8.89. The first kappa shape index (κ1) is 18.7. The summed E-state index contributed by atoms with van der Waals surface area (Å²) >= 11 is 1.42. The maximum Gasteiger partial charge on any atom is 0.390 e. The summed E-state index contributed by atoms with van der Waals surface area (Å²) in [6.45, 7) is -2.58. The van der Waals surface area contributed by atoms with Crippen molar-refractivity contribution >= 4 is 18.2 Å². The largest absolute Gasteiger partial charge is 0.390 e. The summed E-state index contributed by atoms with van der Waals surface area (Å²) in [6.07, 6.45) is 5.87. The van der Waals surface area contributed by atoms with Gasteiger partial charge in [-0.3, -0.25) is 9.05 Å². The molecule has 0 spiro atoms. The fourth-order valence-corrected chi connectivity index (χ4v) is 7.04. The lowest BCUT2D eigenvalue weighted by Gasteiger charge is -2.25. The van der Waals surface area contributed by atoms with Crippen LogP contribution in [0.2, 0.25) is 0 Å². The number of benzene rings is 2. The van der Waals surface area contributed by atoms with Gasteiger partial charge in [0.05, 0.1) is 13.2 Å². The molecule has 0 radical (unpaired) electrons. The lowest BCUT2D eigenvalue weighted by molar-refractivity contribution is 0.206. The van der Waals surface area contributed by atoms with E-state index >= 15 is 0 Å². The molecule has 3 rings (SSSR count). The third-order valence-corrected chi connectivity index (χ3v) is 8.51. The van der Waals surface area contributed by atoms with E-state index in [1.807, 2.05) is 60.7 Å². The van der Waals surface area contributed by atoms with Crippen LogP contribution in [0.25, 0.3) is 0 Å². The highest BCUT2D eigenvalue weighted by Gasteiger charge is 2.31. The van der Waals surface area contributed by atoms with Crippen molar-refractivity contribution in [1.29, 1.82) is 0 Å². The molecule has 1 aliphatic carbocycles. The fourth-order valence-electron chi connectivity index (χ4n) is 2.91. The molecule has 1 fully saturated rings. The van der Waals surface area contributed by atoms with Crippen molar-refractivity contribution in [2.24, 2.45) is 0 Å². The fraction of sp³-hybridized carbons (Fsp3) is 0.400. The summed E-state index contributed by atoms with van der Waals surface area (Å²) in [5, 5.41) is 0.367. The summed E-state index contributed by atoms with van der Waals surface area (Å²) in [6, 6.07) is 19.7. The predicted octanol–water partition coefficient (Wildman–Crippen LogP) is 6.59. The molecule has 134 valence electrons. The Bertz CT molecular complexity index is 624. The van der Waals surface area contributed by atoms with E-state index in [9.17, 15) is 4.57 Å². The van der Waals surface area contributed by atoms with Gasteiger partial charge in [0.1, 0.15) is 0 Å². The Balaban J connectivity index is 1.64. The van der Waals surface area contributed by atoms with Crippen LogP contribution >= 0.6 is 18.2 Å². The Morgan fingerprint density at radius 3 is 1.76 bits per heavy atom. The van der Waals surface area contributed by atoms with Gasteiger partial charge < -0.3 is 0 Å². The van der Waals surface area contributed by atoms with E-state index in [0.29, 0.717) is 18.5 Å². The predicted molar refractivity (Wildman–Crippen MR) is 105 cm³/mol. The van der Waals surface area contributed by atoms with Crippen LogP contribution in [-0.2, 0) is 26.8 Å². The van der Waals surface area contributed by atoms with E-state index in [0.717, 1.165) is 24.0 Å². The lowest BCUT2D eigenvalue weighted by Crippen LogP contribution is -2.09. The van der Waals surface area contributed by atoms with E-state index in [1.165, 1.54) is 30.6 Å². The zero-order valence-corrected chi connectivity index (χ0v) is 16.1. The van der Waals surface area contributed by atoms with Crippen molar-refractivity contribution in [2.75, 3.05) is 0 Å². The Hall–Kier alpha value is -1.06. The molecule has 0 unspecified atom stereocenters. The topological polar surface area (TPSA) is 35.5 Å². The average molecular weight is 376 g/mol. The van der Waals surface area contributed by atoms with E-state index < -0.39 is 6.80 Å². The monoisotopic (exact) mass is 376 g/mol. The summed E-state index contributed by atoms with van der Waals surface area (Å²) in [7, 11) is 0. The third kappa shape index (κ3) is 6.31. The molecule has 0 amide bonds. The third-order valence-electron chi connectivity index (χ3n) is 4.29. The highest BCUT2D eigenvalue weighted by Crippen LogP contribution is 2.64. The van der Waals surface area contributed by atoms with Gasteiger partial charge in [0, 0.05) is 5.25 Å². The first-order valence-corrected chi connectivity index (χ1v) is 11.9. The van der Waals surface area contributed by atoms with Gasteiger partial charge in [-0.25, -0.2) is 4.57 Å². The quantitative estimate of drug-likeness (QED) is 0.487. The molecule has 25 heavy (non-hydrogen) atoms. The summed E-state index contributed by atoms with van der Waals surface area (Å²) in [4.78, 5) is 0. The van der Waals surface area contributed by atoms with E-state index in [4.69, 9.17) is 9.05 Å². The van der Waals surface area contributed by atoms with Crippen LogP contribution in [0.15, 0.2) is 60.7 Å². The Kier molecular flexibility index (Phi) is 7.18. The van der Waals surface area contributed by atoms with Gasteiger partial charge >= 0.3 is 6.80 Å². The van der Waals surface area contributed by atoms with E-state index in [-0.39, 0.29) is 0 Å². The molecule has 0 heterocycles. The normalized spacial score (nSPS) is 16.0. The molecule has 0 bridgehead atoms. The molecule has 0 atom stereocenters. The molecule has 2 aromatic carbocycles. The molecule has 0 aromatic heterocycles. The molecule has 5 heteroatoms. The lowest BCUT2D eigenvalue weighted by atomic mass is 10.0. The van der Waals surface area contributed by atoms with Crippen LogP contribution in [0, 0.1) is 0 Å². The van der Waals surface area contributed by atoms with Crippen molar-refractivity contribution in [1.82, 2.24) is 0 Å². The van der Waals surface area contributed by atoms with Gasteiger partial charge in [-0.1, -0.05) is 79.9 Å². The highest BCUT2D eigenvalue weighted by atomic mass is 32.7. The zero-order chi connectivity index (χ0) is 17.4. The van der Waals surface area contributed by atoms with Gasteiger partial charge in [-0.15, -0.1) is 0 Å². The van der Waals surface area contributed by atoms with Crippen LogP contribution in [0.5, 0.6) is 0 Å². The number of hydrogen-bond donors (Lipinski definition) is 0. The van der Waals surface area contributed by atoms with Gasteiger partial charge in [-0.2, -0.15) is 0 Å². The van der Waals surface area contributed by atoms with Gasteiger partial charge in [0.2, 0.25) is 0 Å². The number of hydrogen-bond acceptors (Lipinski definition) is 4. The summed E-state index contributed by atoms with van der Waals surface area (Å²) in [5.74, 6) is 0. The van der Waals surface area contributed by atoms with Crippen LogP contribution < -0.4 is 0 Å². The minimum absolute atomic E-state index is 0.312. The molecule has 2 aromatic rings. The smallest absolute Gasteiger partial charge is 0.296 e. The first-order chi connectivity index (χ1) is 12.2. The Morgan fingerprint density at radius 2 is 1.28 bits per heavy atom. The van der Waals surface area contributed by atoms with E-state index in [2.05, 4.69) is 0 Å². The minimum atomic E-state index is -3.20. The van der Waals surface area contributed by atoms with Gasteiger partial charge in [0.15, 0.2) is 0 Å². The van der Waals surface area contributed by atoms with Crippen molar-refractivity contribution in [3.63, 3.8) is 0 Å². The standard InChI is InChI=1S/C20H25O3PS/c21-24(25-20-14-8-3-9-15-20,22-16-18-10-4-1-5-11-18)23-17-19-12-6-2-7-13-19/h1-2,4-7,10-13,20H,3,8-9,14-17H2. The number of rotatable bonds is 8. The van der Waals surface area contributed by atoms with Crippen LogP contribution in [-0.4, -0.2) is 5.25 Å². The van der Waals surface area contributed by atoms with Gasteiger partial charge in [-0.05, 0) is 35.4 Å².